The van der Waals surface area contributed by atoms with Crippen molar-refractivity contribution in [2.45, 2.75) is 25.8 Å². The van der Waals surface area contributed by atoms with Gasteiger partial charge in [-0.3, -0.25) is 4.79 Å². The molecule has 5 heteroatoms. The van der Waals surface area contributed by atoms with Gasteiger partial charge >= 0.3 is 0 Å². The first kappa shape index (κ1) is 13.9. The molecule has 0 aliphatic rings. The molecule has 17 heavy (non-hydrogen) atoms. The molecule has 0 heterocycles. The van der Waals surface area contributed by atoms with Gasteiger partial charge in [-0.05, 0) is 32.4 Å². The molecule has 1 aromatic rings. The molecule has 0 saturated heterocycles. The van der Waals surface area contributed by atoms with Crippen LogP contribution in [0.5, 0.6) is 0 Å². The summed E-state index contributed by atoms with van der Waals surface area (Å²) in [6.45, 7) is 3.51. The van der Waals surface area contributed by atoms with Gasteiger partial charge in [0.05, 0.1) is 10.6 Å². The number of aliphatic hydroxyl groups excluding tert-OH is 1. The van der Waals surface area contributed by atoms with Gasteiger partial charge in [0.2, 0.25) is 0 Å². The first-order chi connectivity index (χ1) is 7.87. The zero-order valence-electron chi connectivity index (χ0n) is 9.76. The van der Waals surface area contributed by atoms with Gasteiger partial charge in [-0.25, -0.2) is 4.39 Å². The van der Waals surface area contributed by atoms with Crippen molar-refractivity contribution >= 4 is 17.5 Å². The predicted molar refractivity (Wildman–Crippen MR) is 64.7 cm³/mol. The van der Waals surface area contributed by atoms with E-state index in [0.717, 1.165) is 0 Å². The SMILES string of the molecule is CC(C)(CCO)NC(=O)c1cccc(F)c1Cl. The number of carbonyl (C=O) groups excluding carboxylic acids is 1. The van der Waals surface area contributed by atoms with Crippen molar-refractivity contribution in [3.05, 3.63) is 34.6 Å². The van der Waals surface area contributed by atoms with Crippen molar-refractivity contribution in [2.75, 3.05) is 6.61 Å². The van der Waals surface area contributed by atoms with Gasteiger partial charge in [0, 0.05) is 12.1 Å². The predicted octanol–water partition coefficient (Wildman–Crippen LogP) is 2.37. The smallest absolute Gasteiger partial charge is 0.253 e. The Labute approximate surface area is 105 Å². The summed E-state index contributed by atoms with van der Waals surface area (Å²) in [6.07, 6.45) is 0.408. The highest BCUT2D eigenvalue weighted by molar-refractivity contribution is 6.34. The Bertz CT molecular complexity index is 421. The van der Waals surface area contributed by atoms with Crippen molar-refractivity contribution in [1.29, 1.82) is 0 Å². The number of benzene rings is 1. The minimum Gasteiger partial charge on any atom is -0.396 e. The van der Waals surface area contributed by atoms with Gasteiger partial charge in [0.25, 0.3) is 5.91 Å². The van der Waals surface area contributed by atoms with Crippen molar-refractivity contribution in [2.24, 2.45) is 0 Å². The number of hydrogen-bond acceptors (Lipinski definition) is 2. The van der Waals surface area contributed by atoms with E-state index < -0.39 is 17.3 Å². The molecule has 0 fully saturated rings. The number of hydrogen-bond donors (Lipinski definition) is 2. The van der Waals surface area contributed by atoms with Crippen LogP contribution < -0.4 is 5.32 Å². The molecule has 0 saturated carbocycles. The number of rotatable bonds is 4. The van der Waals surface area contributed by atoms with E-state index >= 15 is 0 Å². The summed E-state index contributed by atoms with van der Waals surface area (Å²) in [7, 11) is 0. The van der Waals surface area contributed by atoms with Crippen LogP contribution in [-0.2, 0) is 0 Å². The highest BCUT2D eigenvalue weighted by Gasteiger charge is 2.22. The molecule has 0 spiro atoms. The van der Waals surface area contributed by atoms with Crippen LogP contribution in [0.1, 0.15) is 30.6 Å². The molecule has 0 aliphatic carbocycles. The quantitative estimate of drug-likeness (QED) is 0.872. The first-order valence-electron chi connectivity index (χ1n) is 5.25. The standard InChI is InChI=1S/C12H15ClFNO2/c1-12(2,6-7-16)15-11(17)8-4-3-5-9(14)10(8)13/h3-5,16H,6-7H2,1-2H3,(H,15,17). The monoisotopic (exact) mass is 259 g/mol. The number of nitrogens with one attached hydrogen (secondary N) is 1. The van der Waals surface area contributed by atoms with Crippen molar-refractivity contribution in [1.82, 2.24) is 5.32 Å². The molecule has 1 aromatic carbocycles. The first-order valence-corrected chi connectivity index (χ1v) is 5.62. The summed E-state index contributed by atoms with van der Waals surface area (Å²) in [4.78, 5) is 11.9. The Kier molecular flexibility index (Phi) is 4.48. The third-order valence-electron chi connectivity index (χ3n) is 2.38. The third-order valence-corrected chi connectivity index (χ3v) is 2.77. The van der Waals surface area contributed by atoms with Crippen LogP contribution in [0.3, 0.4) is 0 Å². The summed E-state index contributed by atoms with van der Waals surface area (Å²) in [5.74, 6) is -1.08. The molecule has 1 rings (SSSR count). The lowest BCUT2D eigenvalue weighted by Crippen LogP contribution is -2.44. The van der Waals surface area contributed by atoms with Crippen LogP contribution in [0.25, 0.3) is 0 Å². The van der Waals surface area contributed by atoms with E-state index in [1.54, 1.807) is 13.8 Å². The summed E-state index contributed by atoms with van der Waals surface area (Å²) in [5.41, 5.74) is -0.473. The number of amides is 1. The molecular weight excluding hydrogens is 245 g/mol. The number of aliphatic hydroxyl groups is 1. The minimum absolute atomic E-state index is 0.0375. The summed E-state index contributed by atoms with van der Waals surface area (Å²) in [6, 6.07) is 4.07. The fourth-order valence-corrected chi connectivity index (χ4v) is 1.61. The Hall–Kier alpha value is -1.13. The van der Waals surface area contributed by atoms with E-state index in [1.165, 1.54) is 18.2 Å². The summed E-state index contributed by atoms with van der Waals surface area (Å²) in [5, 5.41) is 11.3. The van der Waals surface area contributed by atoms with Crippen LogP contribution in [0.4, 0.5) is 4.39 Å². The maximum absolute atomic E-state index is 13.2. The molecule has 3 nitrogen and oxygen atoms in total. The van der Waals surface area contributed by atoms with E-state index in [2.05, 4.69) is 5.32 Å². The van der Waals surface area contributed by atoms with Gasteiger partial charge in [0.1, 0.15) is 5.82 Å². The Morgan fingerprint density at radius 3 is 2.76 bits per heavy atom. The fourth-order valence-electron chi connectivity index (χ4n) is 1.40. The average Bonchev–Trinajstić information content (AvgIpc) is 2.21. The molecule has 2 N–H and O–H groups in total. The van der Waals surface area contributed by atoms with E-state index in [1.807, 2.05) is 0 Å². The van der Waals surface area contributed by atoms with Crippen molar-refractivity contribution in [3.63, 3.8) is 0 Å². The lowest BCUT2D eigenvalue weighted by molar-refractivity contribution is 0.0899. The van der Waals surface area contributed by atoms with Crippen LogP contribution in [0.15, 0.2) is 18.2 Å². The van der Waals surface area contributed by atoms with Crippen molar-refractivity contribution < 1.29 is 14.3 Å². The zero-order chi connectivity index (χ0) is 13.1. The summed E-state index contributed by atoms with van der Waals surface area (Å²) >= 11 is 5.71. The highest BCUT2D eigenvalue weighted by atomic mass is 35.5. The van der Waals surface area contributed by atoms with Gasteiger partial charge < -0.3 is 10.4 Å². The largest absolute Gasteiger partial charge is 0.396 e. The Morgan fingerprint density at radius 1 is 1.53 bits per heavy atom. The minimum atomic E-state index is -0.626. The lowest BCUT2D eigenvalue weighted by atomic mass is 10.0. The van der Waals surface area contributed by atoms with Gasteiger partial charge in [0.15, 0.2) is 0 Å². The Morgan fingerprint density at radius 2 is 2.18 bits per heavy atom. The van der Waals surface area contributed by atoms with Gasteiger partial charge in [-0.1, -0.05) is 17.7 Å². The van der Waals surface area contributed by atoms with E-state index in [9.17, 15) is 9.18 Å². The van der Waals surface area contributed by atoms with Crippen LogP contribution >= 0.6 is 11.6 Å². The number of carbonyl (C=O) groups is 1. The topological polar surface area (TPSA) is 49.3 Å². The van der Waals surface area contributed by atoms with Crippen molar-refractivity contribution in [3.8, 4) is 0 Å². The maximum atomic E-state index is 13.2. The van der Waals surface area contributed by atoms with Crippen LogP contribution in [0.2, 0.25) is 5.02 Å². The van der Waals surface area contributed by atoms with E-state index in [0.29, 0.717) is 6.42 Å². The van der Waals surface area contributed by atoms with E-state index in [4.69, 9.17) is 16.7 Å². The van der Waals surface area contributed by atoms with Crippen LogP contribution in [0, 0.1) is 5.82 Å². The zero-order valence-corrected chi connectivity index (χ0v) is 10.5. The number of halogens is 2. The average molecular weight is 260 g/mol. The Balaban J connectivity index is 2.87. The summed E-state index contributed by atoms with van der Waals surface area (Å²) < 4.78 is 13.2. The normalized spacial score (nSPS) is 11.4. The lowest BCUT2D eigenvalue weighted by Gasteiger charge is -2.25. The highest BCUT2D eigenvalue weighted by Crippen LogP contribution is 2.20. The van der Waals surface area contributed by atoms with E-state index in [-0.39, 0.29) is 17.2 Å². The molecular formula is C12H15ClFNO2. The second-order valence-corrected chi connectivity index (χ2v) is 4.79. The van der Waals surface area contributed by atoms with Crippen LogP contribution in [-0.4, -0.2) is 23.2 Å². The molecule has 94 valence electrons. The van der Waals surface area contributed by atoms with Gasteiger partial charge in [-0.15, -0.1) is 0 Å². The molecule has 0 aromatic heterocycles. The second kappa shape index (κ2) is 5.47. The second-order valence-electron chi connectivity index (χ2n) is 4.41. The molecule has 1 amide bonds. The third kappa shape index (κ3) is 3.68. The molecule has 0 unspecified atom stereocenters. The maximum Gasteiger partial charge on any atom is 0.253 e. The molecule has 0 atom stereocenters. The fraction of sp³-hybridized carbons (Fsp3) is 0.417. The molecule has 0 radical (unpaired) electrons. The molecule has 0 bridgehead atoms. The molecule has 0 aliphatic heterocycles. The van der Waals surface area contributed by atoms with Gasteiger partial charge in [-0.2, -0.15) is 0 Å².